The molecule has 0 saturated carbocycles. The lowest BCUT2D eigenvalue weighted by molar-refractivity contribution is -0.204. The molecule has 0 aromatic heterocycles. The van der Waals surface area contributed by atoms with Gasteiger partial charge >= 0.3 is 0 Å². The highest BCUT2D eigenvalue weighted by molar-refractivity contribution is 4.95. The smallest absolute Gasteiger partial charge is 0.169 e. The highest BCUT2D eigenvalue weighted by Crippen LogP contribution is 2.43. The van der Waals surface area contributed by atoms with E-state index in [4.69, 9.17) is 9.47 Å². The zero-order valence-corrected chi connectivity index (χ0v) is 32.1. The Kier molecular flexibility index (Phi) is 26.0. The number of hydrogen-bond donors (Lipinski definition) is 0. The molecule has 1 atom stereocenters. The summed E-state index contributed by atoms with van der Waals surface area (Å²) in [7, 11) is 2.24. The minimum absolute atomic E-state index is 0.0204. The van der Waals surface area contributed by atoms with Gasteiger partial charge in [-0.25, -0.2) is 0 Å². The zero-order chi connectivity index (χ0) is 33.6. The normalized spacial score (nSPS) is 20.2. The van der Waals surface area contributed by atoms with Crippen LogP contribution in [0.15, 0.2) is 36.5 Å². The molecule has 2 heterocycles. The molecule has 3 heteroatoms. The molecule has 0 bridgehead atoms. The number of allylic oxidation sites excluding steroid dienone is 6. The third-order valence-electron chi connectivity index (χ3n) is 10.7. The minimum atomic E-state index is -0.314. The van der Waals surface area contributed by atoms with E-state index in [1.165, 1.54) is 161 Å². The van der Waals surface area contributed by atoms with Crippen molar-refractivity contribution in [2.75, 3.05) is 26.7 Å². The zero-order valence-electron chi connectivity index (χ0n) is 32.1. The van der Waals surface area contributed by atoms with Crippen molar-refractivity contribution >= 4 is 0 Å². The summed E-state index contributed by atoms with van der Waals surface area (Å²) in [5.74, 6) is -0.314. The Morgan fingerprint density at radius 2 is 0.872 bits per heavy atom. The fraction of sp³-hybridized carbons (Fsp3) is 0.864. The molecule has 47 heavy (non-hydrogen) atoms. The molecule has 3 nitrogen and oxygen atoms in total. The van der Waals surface area contributed by atoms with E-state index in [0.29, 0.717) is 0 Å². The van der Waals surface area contributed by atoms with Crippen LogP contribution >= 0.6 is 0 Å². The predicted octanol–water partition coefficient (Wildman–Crippen LogP) is 13.8. The highest BCUT2D eigenvalue weighted by atomic mass is 16.8. The second-order valence-electron chi connectivity index (χ2n) is 15.3. The van der Waals surface area contributed by atoms with Crippen LogP contribution in [0.2, 0.25) is 0 Å². The molecule has 0 N–H and O–H groups in total. The first-order chi connectivity index (χ1) is 23.1. The van der Waals surface area contributed by atoms with E-state index in [0.717, 1.165) is 51.8 Å². The molecule has 0 aliphatic carbocycles. The van der Waals surface area contributed by atoms with Gasteiger partial charge in [0.15, 0.2) is 5.79 Å². The van der Waals surface area contributed by atoms with Crippen LogP contribution in [0.1, 0.15) is 206 Å². The molecule has 2 aliphatic rings. The Morgan fingerprint density at radius 1 is 0.489 bits per heavy atom. The van der Waals surface area contributed by atoms with Gasteiger partial charge in [0, 0.05) is 25.9 Å². The lowest BCUT2D eigenvalue weighted by atomic mass is 9.92. The van der Waals surface area contributed by atoms with Gasteiger partial charge in [-0.3, -0.25) is 0 Å². The van der Waals surface area contributed by atoms with Crippen LogP contribution in [-0.2, 0) is 9.47 Å². The van der Waals surface area contributed by atoms with Crippen molar-refractivity contribution in [1.82, 2.24) is 4.90 Å². The standard InChI is InChI=1S/C44H81NO2/c1-4-6-8-10-12-14-16-18-20-22-24-26-28-30-32-34-36-44(46-42-43(47-44)38-40-45(3)41-39-43)37-35-33-31-29-27-25-23-21-19-17-15-13-11-9-7-5-2/h12,14,18-21H,4-11,13,15-17,22-42H2,1-3H3/b14-12-,20-18-,21-19-. The maximum absolute atomic E-state index is 7.01. The van der Waals surface area contributed by atoms with Gasteiger partial charge in [0.1, 0.15) is 0 Å². The lowest BCUT2D eigenvalue weighted by Crippen LogP contribution is -2.46. The van der Waals surface area contributed by atoms with Crippen molar-refractivity contribution in [2.24, 2.45) is 0 Å². The fourth-order valence-corrected chi connectivity index (χ4v) is 7.38. The van der Waals surface area contributed by atoms with E-state index >= 15 is 0 Å². The van der Waals surface area contributed by atoms with Crippen LogP contribution in [0.5, 0.6) is 0 Å². The predicted molar refractivity (Wildman–Crippen MR) is 207 cm³/mol. The molecule has 1 unspecified atom stereocenters. The van der Waals surface area contributed by atoms with Gasteiger partial charge in [-0.1, -0.05) is 147 Å². The number of ether oxygens (including phenoxy) is 2. The maximum Gasteiger partial charge on any atom is 0.169 e. The summed E-state index contributed by atoms with van der Waals surface area (Å²) in [5.41, 5.74) is -0.0204. The van der Waals surface area contributed by atoms with Crippen LogP contribution in [0.4, 0.5) is 0 Å². The van der Waals surface area contributed by atoms with Gasteiger partial charge in [0.25, 0.3) is 0 Å². The van der Waals surface area contributed by atoms with Gasteiger partial charge < -0.3 is 14.4 Å². The molecule has 1 spiro atoms. The summed E-state index contributed by atoms with van der Waals surface area (Å²) in [5, 5.41) is 0. The first-order valence-electron chi connectivity index (χ1n) is 21.1. The van der Waals surface area contributed by atoms with Crippen LogP contribution in [0.25, 0.3) is 0 Å². The summed E-state index contributed by atoms with van der Waals surface area (Å²) in [6.45, 7) is 7.66. The van der Waals surface area contributed by atoms with Crippen molar-refractivity contribution < 1.29 is 9.47 Å². The van der Waals surface area contributed by atoms with Gasteiger partial charge in [-0.15, -0.1) is 0 Å². The van der Waals surface area contributed by atoms with Crippen LogP contribution in [-0.4, -0.2) is 43.0 Å². The van der Waals surface area contributed by atoms with Crippen LogP contribution < -0.4 is 0 Å². The molecule has 274 valence electrons. The molecule has 0 aromatic rings. The molecule has 0 radical (unpaired) electrons. The van der Waals surface area contributed by atoms with Crippen molar-refractivity contribution in [3.63, 3.8) is 0 Å². The third-order valence-corrected chi connectivity index (χ3v) is 10.7. The monoisotopic (exact) mass is 656 g/mol. The quantitative estimate of drug-likeness (QED) is 0.0548. The number of hydrogen-bond acceptors (Lipinski definition) is 3. The minimum Gasteiger partial charge on any atom is -0.347 e. The number of piperidine rings is 1. The summed E-state index contributed by atoms with van der Waals surface area (Å²) in [6.07, 6.45) is 53.3. The first kappa shape index (κ1) is 42.3. The SMILES string of the molecule is CCCCC/C=C\C/C=C\CCCCCCCCC1(CCCCCCCC/C=C\CCCCCCCC)OCC2(CCN(C)CC2)O1. The Balaban J connectivity index is 1.54. The number of rotatable bonds is 31. The summed E-state index contributed by atoms with van der Waals surface area (Å²) in [4.78, 5) is 2.45. The summed E-state index contributed by atoms with van der Waals surface area (Å²) in [6, 6.07) is 0. The van der Waals surface area contributed by atoms with E-state index in [1.54, 1.807) is 0 Å². The second-order valence-corrected chi connectivity index (χ2v) is 15.3. The molecular formula is C44H81NO2. The Bertz CT molecular complexity index is 780. The first-order valence-corrected chi connectivity index (χ1v) is 21.1. The fourth-order valence-electron chi connectivity index (χ4n) is 7.38. The van der Waals surface area contributed by atoms with Gasteiger partial charge in [-0.05, 0) is 90.5 Å². The highest BCUT2D eigenvalue weighted by Gasteiger charge is 2.50. The van der Waals surface area contributed by atoms with E-state index in [-0.39, 0.29) is 11.4 Å². The van der Waals surface area contributed by atoms with E-state index < -0.39 is 0 Å². The Morgan fingerprint density at radius 3 is 1.36 bits per heavy atom. The maximum atomic E-state index is 7.01. The third kappa shape index (κ3) is 21.7. The average Bonchev–Trinajstić information content (AvgIpc) is 3.43. The molecule has 2 rings (SSSR count). The Hall–Kier alpha value is -0.900. The number of nitrogens with zero attached hydrogens (tertiary/aromatic N) is 1. The molecule has 2 fully saturated rings. The van der Waals surface area contributed by atoms with E-state index in [1.807, 2.05) is 0 Å². The van der Waals surface area contributed by atoms with Gasteiger partial charge in [0.2, 0.25) is 0 Å². The summed E-state index contributed by atoms with van der Waals surface area (Å²) >= 11 is 0. The molecule has 0 aromatic carbocycles. The van der Waals surface area contributed by atoms with Crippen molar-refractivity contribution in [2.45, 2.75) is 218 Å². The molecule has 0 amide bonds. The van der Waals surface area contributed by atoms with Crippen molar-refractivity contribution in [3.05, 3.63) is 36.5 Å². The van der Waals surface area contributed by atoms with E-state index in [9.17, 15) is 0 Å². The number of likely N-dealkylation sites (tertiary alicyclic amines) is 1. The van der Waals surface area contributed by atoms with Gasteiger partial charge in [-0.2, -0.15) is 0 Å². The van der Waals surface area contributed by atoms with Crippen molar-refractivity contribution in [1.29, 1.82) is 0 Å². The summed E-state index contributed by atoms with van der Waals surface area (Å²) < 4.78 is 13.7. The Labute approximate surface area is 294 Å². The lowest BCUT2D eigenvalue weighted by Gasteiger charge is -2.38. The molecule has 2 aliphatic heterocycles. The molecular weight excluding hydrogens is 574 g/mol. The largest absolute Gasteiger partial charge is 0.347 e. The van der Waals surface area contributed by atoms with Crippen molar-refractivity contribution in [3.8, 4) is 0 Å². The molecule has 2 saturated heterocycles. The van der Waals surface area contributed by atoms with Gasteiger partial charge in [0.05, 0.1) is 12.2 Å². The second kappa shape index (κ2) is 28.9. The van der Waals surface area contributed by atoms with Crippen LogP contribution in [0, 0.1) is 0 Å². The van der Waals surface area contributed by atoms with Crippen LogP contribution in [0.3, 0.4) is 0 Å². The number of unbranched alkanes of at least 4 members (excludes halogenated alkanes) is 21. The topological polar surface area (TPSA) is 21.7 Å². The average molecular weight is 656 g/mol. The van der Waals surface area contributed by atoms with E-state index in [2.05, 4.69) is 62.3 Å².